The Balaban J connectivity index is 1.24. The van der Waals surface area contributed by atoms with Crippen LogP contribution in [0.1, 0.15) is 0 Å². The van der Waals surface area contributed by atoms with Gasteiger partial charge in [0.25, 0.3) is 0 Å². The van der Waals surface area contributed by atoms with Crippen molar-refractivity contribution in [2.45, 2.75) is 9.79 Å². The van der Waals surface area contributed by atoms with Crippen molar-refractivity contribution in [1.82, 2.24) is 19.5 Å². The van der Waals surface area contributed by atoms with Crippen LogP contribution in [0.3, 0.4) is 0 Å². The van der Waals surface area contributed by atoms with E-state index in [9.17, 15) is 8.42 Å². The second-order valence-corrected chi connectivity index (χ2v) is 13.2. The molecule has 46 heavy (non-hydrogen) atoms. The van der Waals surface area contributed by atoms with Gasteiger partial charge in [0.05, 0.1) is 20.8 Å². The van der Waals surface area contributed by atoms with Gasteiger partial charge in [0.2, 0.25) is 15.8 Å². The minimum absolute atomic E-state index is 0.255. The molecule has 0 bridgehead atoms. The maximum Gasteiger partial charge on any atom is 0.238 e. The maximum atomic E-state index is 14.0. The van der Waals surface area contributed by atoms with Crippen LogP contribution in [0.4, 0.5) is 0 Å². The fourth-order valence-corrected chi connectivity index (χ4v) is 8.19. The highest BCUT2D eigenvalue weighted by Crippen LogP contribution is 2.46. The van der Waals surface area contributed by atoms with E-state index in [1.54, 1.807) is 12.1 Å². The molecule has 0 unspecified atom stereocenters. The lowest BCUT2D eigenvalue weighted by Gasteiger charge is -2.11. The Kier molecular flexibility index (Phi) is 5.79. The average molecular weight is 613 g/mol. The first-order valence-corrected chi connectivity index (χ1v) is 16.4. The minimum atomic E-state index is -3.78. The predicted octanol–water partition coefficient (Wildman–Crippen LogP) is 8.78. The van der Waals surface area contributed by atoms with Crippen molar-refractivity contribution in [3.8, 4) is 51.0 Å². The summed E-state index contributed by atoms with van der Waals surface area (Å²) in [7, 11) is -3.78. The predicted molar refractivity (Wildman–Crippen MR) is 181 cm³/mol. The monoisotopic (exact) mass is 612 g/mol. The molecule has 1 aliphatic heterocycles. The number of benzene rings is 6. The fraction of sp³-hybridized carbons (Fsp3) is 0. The van der Waals surface area contributed by atoms with Crippen molar-refractivity contribution in [1.29, 1.82) is 0 Å². The summed E-state index contributed by atoms with van der Waals surface area (Å²) in [6.45, 7) is 0. The molecule has 2 aromatic heterocycles. The molecule has 6 aromatic carbocycles. The van der Waals surface area contributed by atoms with Crippen molar-refractivity contribution < 1.29 is 8.42 Å². The average Bonchev–Trinajstić information content (AvgIpc) is 3.57. The van der Waals surface area contributed by atoms with E-state index in [1.165, 1.54) is 0 Å². The SMILES string of the molecule is O=S1(=O)c2cc(-c3ccccc3)ccc2-c2ccc(-c3nc(-c4ccccc4)nc(-n4c5ccccc5c5ccccc54)n3)cc21. The van der Waals surface area contributed by atoms with Crippen LogP contribution in [-0.4, -0.2) is 27.9 Å². The third-order valence-corrected chi connectivity index (χ3v) is 10.5. The molecule has 0 radical (unpaired) electrons. The molecule has 0 spiro atoms. The Bertz CT molecular complexity index is 2540. The Morgan fingerprint density at radius 3 is 1.52 bits per heavy atom. The molecule has 7 heteroatoms. The highest BCUT2D eigenvalue weighted by molar-refractivity contribution is 7.92. The largest absolute Gasteiger partial charge is 0.278 e. The standard InChI is InChI=1S/C39H24N4O2S/c44-46(45)35-23-27(25-11-3-1-4-12-25)19-21-31(35)32-22-20-28(24-36(32)46)38-40-37(26-13-5-2-6-14-26)41-39(42-38)43-33-17-9-7-15-29(33)30-16-8-10-18-34(30)43/h1-24H. The molecule has 0 saturated heterocycles. The van der Waals surface area contributed by atoms with E-state index in [0.29, 0.717) is 39.2 Å². The van der Waals surface area contributed by atoms with Crippen LogP contribution in [0, 0.1) is 0 Å². The number of rotatable bonds is 4. The fourth-order valence-electron chi connectivity index (χ4n) is 6.45. The first kappa shape index (κ1) is 26.5. The molecule has 3 heterocycles. The van der Waals surface area contributed by atoms with Gasteiger partial charge in [0.1, 0.15) is 0 Å². The minimum Gasteiger partial charge on any atom is -0.278 e. The highest BCUT2D eigenvalue weighted by atomic mass is 32.2. The lowest BCUT2D eigenvalue weighted by atomic mass is 9.99. The maximum absolute atomic E-state index is 14.0. The normalized spacial score (nSPS) is 13.1. The molecule has 0 N–H and O–H groups in total. The number of sulfone groups is 1. The summed E-state index contributed by atoms with van der Waals surface area (Å²) in [4.78, 5) is 15.4. The van der Waals surface area contributed by atoms with Crippen molar-refractivity contribution >= 4 is 31.6 Å². The third-order valence-electron chi connectivity index (χ3n) is 8.63. The summed E-state index contributed by atoms with van der Waals surface area (Å²) in [6, 6.07) is 47.1. The number of fused-ring (bicyclic) bond motifs is 6. The van der Waals surface area contributed by atoms with E-state index in [0.717, 1.165) is 38.5 Å². The summed E-state index contributed by atoms with van der Waals surface area (Å²) >= 11 is 0. The zero-order chi connectivity index (χ0) is 30.8. The van der Waals surface area contributed by atoms with Crippen LogP contribution < -0.4 is 0 Å². The van der Waals surface area contributed by atoms with Gasteiger partial charge in [-0.1, -0.05) is 121 Å². The van der Waals surface area contributed by atoms with Crippen LogP contribution in [0.2, 0.25) is 0 Å². The first-order valence-electron chi connectivity index (χ1n) is 15.0. The number of nitrogens with zero attached hydrogens (tertiary/aromatic N) is 4. The summed E-state index contributed by atoms with van der Waals surface area (Å²) in [5.41, 5.74) is 6.58. The van der Waals surface area contributed by atoms with Crippen LogP contribution >= 0.6 is 0 Å². The Morgan fingerprint density at radius 1 is 0.435 bits per heavy atom. The Hall–Kier alpha value is -5.92. The van der Waals surface area contributed by atoms with Gasteiger partial charge in [0.15, 0.2) is 11.6 Å². The molecule has 0 amide bonds. The van der Waals surface area contributed by atoms with Gasteiger partial charge >= 0.3 is 0 Å². The summed E-state index contributed by atoms with van der Waals surface area (Å²) in [5.74, 6) is 1.35. The molecule has 218 valence electrons. The molecule has 1 aliphatic rings. The lowest BCUT2D eigenvalue weighted by Crippen LogP contribution is -2.06. The molecular weight excluding hydrogens is 589 g/mol. The smallest absolute Gasteiger partial charge is 0.238 e. The van der Waals surface area contributed by atoms with E-state index < -0.39 is 9.84 Å². The number of hydrogen-bond acceptors (Lipinski definition) is 5. The van der Waals surface area contributed by atoms with Gasteiger partial charge in [-0.2, -0.15) is 9.97 Å². The van der Waals surface area contributed by atoms with Crippen molar-refractivity contribution in [3.05, 3.63) is 146 Å². The molecule has 6 nitrogen and oxygen atoms in total. The van der Waals surface area contributed by atoms with Crippen LogP contribution in [0.15, 0.2) is 155 Å². The molecule has 0 fully saturated rings. The first-order chi connectivity index (χ1) is 22.6. The quantitative estimate of drug-likeness (QED) is 0.199. The van der Waals surface area contributed by atoms with Gasteiger partial charge in [-0.25, -0.2) is 13.4 Å². The number of para-hydroxylation sites is 2. The summed E-state index contributed by atoms with van der Waals surface area (Å²) in [6.07, 6.45) is 0. The van der Waals surface area contributed by atoms with E-state index in [2.05, 4.69) is 24.3 Å². The van der Waals surface area contributed by atoms with Crippen molar-refractivity contribution in [2.75, 3.05) is 0 Å². The molecule has 0 aliphatic carbocycles. The van der Waals surface area contributed by atoms with Gasteiger partial charge in [0, 0.05) is 33.0 Å². The van der Waals surface area contributed by atoms with E-state index >= 15 is 0 Å². The Labute approximate surface area is 265 Å². The molecule has 8 aromatic rings. The zero-order valence-electron chi connectivity index (χ0n) is 24.4. The second-order valence-electron chi connectivity index (χ2n) is 11.3. The van der Waals surface area contributed by atoms with Gasteiger partial charge in [-0.3, -0.25) is 4.57 Å². The van der Waals surface area contributed by atoms with E-state index in [4.69, 9.17) is 15.0 Å². The third kappa shape index (κ3) is 4.02. The van der Waals surface area contributed by atoms with Crippen LogP contribution in [-0.2, 0) is 9.84 Å². The Morgan fingerprint density at radius 2 is 0.913 bits per heavy atom. The second kappa shape index (κ2) is 10.1. The van der Waals surface area contributed by atoms with Gasteiger partial charge in [-0.15, -0.1) is 0 Å². The number of aromatic nitrogens is 4. The molecular formula is C39H24N4O2S. The number of hydrogen-bond donors (Lipinski definition) is 0. The summed E-state index contributed by atoms with van der Waals surface area (Å²) in [5, 5.41) is 2.19. The molecule has 0 saturated carbocycles. The van der Waals surface area contributed by atoms with Gasteiger partial charge in [-0.05, 0) is 35.4 Å². The van der Waals surface area contributed by atoms with Gasteiger partial charge < -0.3 is 0 Å². The molecule has 0 atom stereocenters. The topological polar surface area (TPSA) is 77.7 Å². The van der Waals surface area contributed by atoms with Crippen LogP contribution in [0.5, 0.6) is 0 Å². The van der Waals surface area contributed by atoms with Crippen LogP contribution in [0.25, 0.3) is 72.8 Å². The molecule has 9 rings (SSSR count). The van der Waals surface area contributed by atoms with E-state index in [-0.39, 0.29) is 4.90 Å². The summed E-state index contributed by atoms with van der Waals surface area (Å²) < 4.78 is 30.1. The zero-order valence-corrected chi connectivity index (χ0v) is 25.2. The van der Waals surface area contributed by atoms with Crippen molar-refractivity contribution in [3.63, 3.8) is 0 Å². The van der Waals surface area contributed by atoms with Crippen molar-refractivity contribution in [2.24, 2.45) is 0 Å². The highest BCUT2D eigenvalue weighted by Gasteiger charge is 2.34. The lowest BCUT2D eigenvalue weighted by molar-refractivity contribution is 0.599. The van der Waals surface area contributed by atoms with E-state index in [1.807, 2.05) is 114 Å².